The number of imidazole rings is 1. The minimum Gasteiger partial charge on any atom is -0.384 e. The van der Waals surface area contributed by atoms with Crippen LogP contribution in [0.4, 0.5) is 5.82 Å². The maximum atomic E-state index is 5.77. The molecule has 4 heterocycles. The highest BCUT2D eigenvalue weighted by Gasteiger charge is 2.09. The summed E-state index contributed by atoms with van der Waals surface area (Å²) < 4.78 is 3.97. The van der Waals surface area contributed by atoms with Crippen LogP contribution in [0.15, 0.2) is 61.3 Å². The van der Waals surface area contributed by atoms with E-state index in [-0.39, 0.29) is 0 Å². The van der Waals surface area contributed by atoms with Gasteiger partial charge in [-0.15, -0.1) is 0 Å². The molecule has 0 spiro atoms. The Morgan fingerprint density at radius 3 is 2.86 bits per heavy atom. The Balaban J connectivity index is 1.76. The highest BCUT2D eigenvalue weighted by Crippen LogP contribution is 2.20. The third-order valence-electron chi connectivity index (χ3n) is 3.62. The Morgan fingerprint density at radius 2 is 1.95 bits per heavy atom. The van der Waals surface area contributed by atoms with Gasteiger partial charge in [0, 0.05) is 36.5 Å². The zero-order valence-corrected chi connectivity index (χ0v) is 11.8. The predicted octanol–water partition coefficient (Wildman–Crippen LogP) is 2.22. The fourth-order valence-corrected chi connectivity index (χ4v) is 2.62. The molecule has 0 aromatic carbocycles. The van der Waals surface area contributed by atoms with Gasteiger partial charge in [-0.25, -0.2) is 14.5 Å². The van der Waals surface area contributed by atoms with Crippen LogP contribution in [0.2, 0.25) is 0 Å². The number of nitrogen functional groups attached to an aromatic ring is 1. The number of rotatable bonds is 3. The summed E-state index contributed by atoms with van der Waals surface area (Å²) in [6.45, 7) is 0.716. The van der Waals surface area contributed by atoms with Gasteiger partial charge in [0.25, 0.3) is 0 Å². The number of anilines is 1. The lowest BCUT2D eigenvalue weighted by Gasteiger charge is -2.09. The van der Waals surface area contributed by atoms with Crippen LogP contribution in [-0.2, 0) is 6.54 Å². The minimum absolute atomic E-state index is 0.491. The summed E-state index contributed by atoms with van der Waals surface area (Å²) in [4.78, 5) is 8.48. The predicted molar refractivity (Wildman–Crippen MR) is 84.2 cm³/mol. The van der Waals surface area contributed by atoms with Crippen molar-refractivity contribution in [2.45, 2.75) is 6.54 Å². The lowest BCUT2D eigenvalue weighted by Crippen LogP contribution is -2.03. The first kappa shape index (κ1) is 12.6. The molecule has 0 aliphatic carbocycles. The summed E-state index contributed by atoms with van der Waals surface area (Å²) in [5.41, 5.74) is 9.00. The molecule has 0 saturated carbocycles. The van der Waals surface area contributed by atoms with E-state index in [1.807, 2.05) is 41.2 Å². The van der Waals surface area contributed by atoms with Crippen LogP contribution in [0, 0.1) is 0 Å². The van der Waals surface area contributed by atoms with Gasteiger partial charge >= 0.3 is 0 Å². The SMILES string of the molecule is Nc1cc(-c2nccn2Cc2cccn3nccc23)ccn1. The summed E-state index contributed by atoms with van der Waals surface area (Å²) in [7, 11) is 0. The maximum Gasteiger partial charge on any atom is 0.140 e. The molecule has 0 unspecified atom stereocenters. The summed E-state index contributed by atoms with van der Waals surface area (Å²) in [6, 6.07) is 9.85. The molecule has 108 valence electrons. The topological polar surface area (TPSA) is 74.0 Å². The van der Waals surface area contributed by atoms with Gasteiger partial charge in [0.1, 0.15) is 11.6 Å². The van der Waals surface area contributed by atoms with Gasteiger partial charge < -0.3 is 10.3 Å². The Kier molecular flexibility index (Phi) is 2.86. The molecule has 6 nitrogen and oxygen atoms in total. The molecular weight excluding hydrogens is 276 g/mol. The van der Waals surface area contributed by atoms with Gasteiger partial charge in [-0.3, -0.25) is 0 Å². The van der Waals surface area contributed by atoms with E-state index in [4.69, 9.17) is 5.73 Å². The molecule has 0 aliphatic heterocycles. The molecule has 4 aromatic heterocycles. The molecule has 0 fully saturated rings. The summed E-state index contributed by atoms with van der Waals surface area (Å²) >= 11 is 0. The molecule has 4 rings (SSSR count). The van der Waals surface area contributed by atoms with E-state index in [0.29, 0.717) is 12.4 Å². The van der Waals surface area contributed by atoms with Crippen LogP contribution in [0.25, 0.3) is 16.9 Å². The second-order valence-corrected chi connectivity index (χ2v) is 5.04. The maximum absolute atomic E-state index is 5.77. The third-order valence-corrected chi connectivity index (χ3v) is 3.62. The number of fused-ring (bicyclic) bond motifs is 1. The van der Waals surface area contributed by atoms with Gasteiger partial charge in [0.2, 0.25) is 0 Å². The van der Waals surface area contributed by atoms with Gasteiger partial charge in [-0.05, 0) is 29.8 Å². The Labute approximate surface area is 126 Å². The molecule has 0 aliphatic rings. The molecular formula is C16H14N6. The second kappa shape index (κ2) is 5.00. The lowest BCUT2D eigenvalue weighted by atomic mass is 10.2. The molecule has 2 N–H and O–H groups in total. The van der Waals surface area contributed by atoms with Gasteiger partial charge in [-0.2, -0.15) is 5.10 Å². The van der Waals surface area contributed by atoms with Crippen LogP contribution in [0.5, 0.6) is 0 Å². The van der Waals surface area contributed by atoms with Gasteiger partial charge in [0.05, 0.1) is 12.1 Å². The van der Waals surface area contributed by atoms with Crippen LogP contribution < -0.4 is 5.73 Å². The van der Waals surface area contributed by atoms with E-state index < -0.39 is 0 Å². The average Bonchev–Trinajstić information content (AvgIpc) is 3.16. The molecule has 0 saturated heterocycles. The number of hydrogen-bond acceptors (Lipinski definition) is 4. The van der Waals surface area contributed by atoms with Crippen molar-refractivity contribution in [3.8, 4) is 11.4 Å². The highest BCUT2D eigenvalue weighted by molar-refractivity contribution is 5.60. The standard InChI is InChI=1S/C16H14N6/c17-15-10-12(3-5-18-15)16-19-7-9-21(16)11-13-2-1-8-22-14(13)4-6-20-22/h1-10H,11H2,(H2,17,18). The average molecular weight is 290 g/mol. The molecule has 22 heavy (non-hydrogen) atoms. The smallest absolute Gasteiger partial charge is 0.140 e. The summed E-state index contributed by atoms with van der Waals surface area (Å²) in [5, 5.41) is 4.27. The molecule has 4 aromatic rings. The second-order valence-electron chi connectivity index (χ2n) is 5.04. The van der Waals surface area contributed by atoms with E-state index >= 15 is 0 Å². The van der Waals surface area contributed by atoms with Crippen molar-refractivity contribution in [1.82, 2.24) is 24.1 Å². The van der Waals surface area contributed by atoms with E-state index in [9.17, 15) is 0 Å². The highest BCUT2D eigenvalue weighted by atomic mass is 15.2. The molecule has 0 bridgehead atoms. The Morgan fingerprint density at radius 1 is 1.00 bits per heavy atom. The van der Waals surface area contributed by atoms with E-state index in [1.54, 1.807) is 18.6 Å². The number of aromatic nitrogens is 5. The van der Waals surface area contributed by atoms with Crippen molar-refractivity contribution in [3.05, 3.63) is 66.9 Å². The van der Waals surface area contributed by atoms with E-state index in [0.717, 1.165) is 16.9 Å². The van der Waals surface area contributed by atoms with Crippen LogP contribution in [-0.4, -0.2) is 24.1 Å². The normalized spacial score (nSPS) is 11.1. The fraction of sp³-hybridized carbons (Fsp3) is 0.0625. The zero-order valence-electron chi connectivity index (χ0n) is 11.8. The molecule has 0 radical (unpaired) electrons. The van der Waals surface area contributed by atoms with Crippen LogP contribution in [0.1, 0.15) is 5.56 Å². The van der Waals surface area contributed by atoms with Gasteiger partial charge in [-0.1, -0.05) is 6.07 Å². The first-order valence-corrected chi connectivity index (χ1v) is 6.95. The summed E-state index contributed by atoms with van der Waals surface area (Å²) in [5.74, 6) is 1.36. The largest absolute Gasteiger partial charge is 0.384 e. The zero-order chi connectivity index (χ0) is 14.9. The quantitative estimate of drug-likeness (QED) is 0.628. The van der Waals surface area contributed by atoms with Crippen molar-refractivity contribution in [2.24, 2.45) is 0 Å². The van der Waals surface area contributed by atoms with Crippen molar-refractivity contribution in [1.29, 1.82) is 0 Å². The summed E-state index contributed by atoms with van der Waals surface area (Å²) in [6.07, 6.45) is 9.20. The Bertz CT molecular complexity index is 936. The van der Waals surface area contributed by atoms with Crippen molar-refractivity contribution < 1.29 is 0 Å². The van der Waals surface area contributed by atoms with E-state index in [2.05, 4.69) is 25.7 Å². The first-order valence-electron chi connectivity index (χ1n) is 6.95. The van der Waals surface area contributed by atoms with E-state index in [1.165, 1.54) is 5.56 Å². The molecule has 0 amide bonds. The number of nitrogens with two attached hydrogens (primary N) is 1. The number of pyridine rings is 2. The number of nitrogens with zero attached hydrogens (tertiary/aromatic N) is 5. The minimum atomic E-state index is 0.491. The number of hydrogen-bond donors (Lipinski definition) is 1. The molecule has 6 heteroatoms. The fourth-order valence-electron chi connectivity index (χ4n) is 2.62. The van der Waals surface area contributed by atoms with Crippen LogP contribution >= 0.6 is 0 Å². The molecule has 0 atom stereocenters. The van der Waals surface area contributed by atoms with Crippen molar-refractivity contribution >= 4 is 11.3 Å². The Hall–Kier alpha value is -3.15. The van der Waals surface area contributed by atoms with Gasteiger partial charge in [0.15, 0.2) is 0 Å². The monoisotopic (exact) mass is 290 g/mol. The first-order chi connectivity index (χ1) is 10.8. The third kappa shape index (κ3) is 2.10. The van der Waals surface area contributed by atoms with Crippen LogP contribution in [0.3, 0.4) is 0 Å². The van der Waals surface area contributed by atoms with Crippen molar-refractivity contribution in [3.63, 3.8) is 0 Å². The lowest BCUT2D eigenvalue weighted by molar-refractivity contribution is 0.803. The van der Waals surface area contributed by atoms with Crippen molar-refractivity contribution in [2.75, 3.05) is 5.73 Å².